The summed E-state index contributed by atoms with van der Waals surface area (Å²) in [7, 11) is 3.85. The van der Waals surface area contributed by atoms with E-state index in [0.717, 1.165) is 29.7 Å². The van der Waals surface area contributed by atoms with E-state index in [1.54, 1.807) is 17.3 Å². The lowest BCUT2D eigenvalue weighted by atomic mass is 9.96. The number of rotatable bonds is 2. The lowest BCUT2D eigenvalue weighted by molar-refractivity contribution is 0.0701. The molecule has 2 aromatic heterocycles. The van der Waals surface area contributed by atoms with E-state index in [4.69, 9.17) is 0 Å². The second-order valence-corrected chi connectivity index (χ2v) is 7.49. The second kappa shape index (κ2) is 6.68. The van der Waals surface area contributed by atoms with Crippen molar-refractivity contribution in [3.63, 3.8) is 0 Å². The van der Waals surface area contributed by atoms with Crippen molar-refractivity contribution in [2.45, 2.75) is 25.7 Å². The quantitative estimate of drug-likeness (QED) is 0.702. The molecule has 4 rings (SSSR count). The van der Waals surface area contributed by atoms with Gasteiger partial charge in [0.15, 0.2) is 0 Å². The lowest BCUT2D eigenvalue weighted by Gasteiger charge is -2.32. The zero-order valence-corrected chi connectivity index (χ0v) is 16.0. The number of hydrogen-bond donors (Lipinski definition) is 0. The van der Waals surface area contributed by atoms with E-state index in [0.29, 0.717) is 18.5 Å². The first-order valence-electron chi connectivity index (χ1n) is 9.32. The fraction of sp³-hybridized carbons (Fsp3) is 0.381. The number of carbonyl (C=O) groups is 1. The Morgan fingerprint density at radius 3 is 2.78 bits per heavy atom. The van der Waals surface area contributed by atoms with Gasteiger partial charge in [0, 0.05) is 57.1 Å². The molecule has 1 atom stereocenters. The SMILES string of the molecule is Cc1ccc2c(c1)c(=O)c(C(=O)N1CCCC(c3nccn3C)C1)cn2C. The Bertz CT molecular complexity index is 1080. The Hall–Kier alpha value is -2.89. The normalized spacial score (nSPS) is 17.4. The molecule has 0 bridgehead atoms. The molecule has 1 amide bonds. The maximum atomic E-state index is 13.2. The molecule has 6 heteroatoms. The molecule has 3 aromatic rings. The van der Waals surface area contributed by atoms with Crippen LogP contribution in [-0.2, 0) is 14.1 Å². The molecule has 0 radical (unpaired) electrons. The predicted molar refractivity (Wildman–Crippen MR) is 105 cm³/mol. The number of imidazole rings is 1. The van der Waals surface area contributed by atoms with Crippen LogP contribution in [0.3, 0.4) is 0 Å². The third-order valence-corrected chi connectivity index (χ3v) is 5.51. The van der Waals surface area contributed by atoms with Gasteiger partial charge in [0.2, 0.25) is 5.43 Å². The number of benzene rings is 1. The number of pyridine rings is 1. The first-order chi connectivity index (χ1) is 13.0. The first kappa shape index (κ1) is 17.5. The highest BCUT2D eigenvalue weighted by atomic mass is 16.2. The minimum absolute atomic E-state index is 0.182. The van der Waals surface area contributed by atoms with Gasteiger partial charge < -0.3 is 14.0 Å². The third kappa shape index (κ3) is 3.05. The van der Waals surface area contributed by atoms with E-state index in [-0.39, 0.29) is 22.8 Å². The second-order valence-electron chi connectivity index (χ2n) is 7.49. The van der Waals surface area contributed by atoms with Crippen LogP contribution in [0.25, 0.3) is 10.9 Å². The topological polar surface area (TPSA) is 60.1 Å². The molecule has 1 unspecified atom stereocenters. The van der Waals surface area contributed by atoms with Gasteiger partial charge in [-0.15, -0.1) is 0 Å². The van der Waals surface area contributed by atoms with Crippen LogP contribution < -0.4 is 5.43 Å². The average Bonchev–Trinajstić information content (AvgIpc) is 3.10. The maximum absolute atomic E-state index is 13.2. The van der Waals surface area contributed by atoms with E-state index in [2.05, 4.69) is 4.98 Å². The van der Waals surface area contributed by atoms with Crippen LogP contribution in [0.15, 0.2) is 41.6 Å². The Morgan fingerprint density at radius 1 is 1.22 bits per heavy atom. The summed E-state index contributed by atoms with van der Waals surface area (Å²) in [6.07, 6.45) is 7.31. The van der Waals surface area contributed by atoms with E-state index < -0.39 is 0 Å². The molecule has 1 saturated heterocycles. The Balaban J connectivity index is 1.69. The number of fused-ring (bicyclic) bond motifs is 1. The fourth-order valence-electron chi connectivity index (χ4n) is 4.07. The summed E-state index contributed by atoms with van der Waals surface area (Å²) in [5.74, 6) is 1.02. The van der Waals surface area contributed by atoms with Crippen LogP contribution in [0.2, 0.25) is 0 Å². The smallest absolute Gasteiger partial charge is 0.259 e. The van der Waals surface area contributed by atoms with Crippen molar-refractivity contribution in [1.29, 1.82) is 0 Å². The molecule has 1 aliphatic heterocycles. The fourth-order valence-corrected chi connectivity index (χ4v) is 4.07. The average molecular weight is 364 g/mol. The molecule has 6 nitrogen and oxygen atoms in total. The standard InChI is InChI=1S/C21H24N4O2/c1-14-6-7-18-16(11-14)19(26)17(13-24(18)3)21(27)25-9-4-5-15(12-25)20-22-8-10-23(20)2/h6-8,10-11,13,15H,4-5,9,12H2,1-3H3. The first-order valence-corrected chi connectivity index (χ1v) is 9.32. The summed E-state index contributed by atoms with van der Waals surface area (Å²) >= 11 is 0. The van der Waals surface area contributed by atoms with E-state index in [1.165, 1.54) is 0 Å². The largest absolute Gasteiger partial charge is 0.350 e. The van der Waals surface area contributed by atoms with E-state index >= 15 is 0 Å². The van der Waals surface area contributed by atoms with Crippen LogP contribution in [0.1, 0.15) is 40.5 Å². The van der Waals surface area contributed by atoms with E-state index in [1.807, 2.05) is 54.5 Å². The molecule has 1 aliphatic rings. The highest BCUT2D eigenvalue weighted by Crippen LogP contribution is 2.26. The van der Waals surface area contributed by atoms with Gasteiger partial charge in [-0.05, 0) is 31.9 Å². The minimum Gasteiger partial charge on any atom is -0.350 e. The molecule has 27 heavy (non-hydrogen) atoms. The Labute approximate surface area is 158 Å². The molecule has 0 aliphatic carbocycles. The molecule has 140 valence electrons. The summed E-state index contributed by atoms with van der Waals surface area (Å²) in [5.41, 5.74) is 1.91. The molecule has 0 saturated carbocycles. The molecule has 0 N–H and O–H groups in total. The van der Waals surface area contributed by atoms with Crippen LogP contribution in [0.4, 0.5) is 0 Å². The predicted octanol–water partition coefficient (Wildman–Crippen LogP) is 2.60. The van der Waals surface area contributed by atoms with Crippen LogP contribution in [0.5, 0.6) is 0 Å². The summed E-state index contributed by atoms with van der Waals surface area (Å²) in [4.78, 5) is 32.4. The minimum atomic E-state index is -0.184. The van der Waals surface area contributed by atoms with Gasteiger partial charge in [-0.2, -0.15) is 0 Å². The highest BCUT2D eigenvalue weighted by Gasteiger charge is 2.29. The number of aryl methyl sites for hydroxylation is 3. The van der Waals surface area contributed by atoms with Crippen molar-refractivity contribution in [2.75, 3.05) is 13.1 Å². The summed E-state index contributed by atoms with van der Waals surface area (Å²) in [5, 5.41) is 0.598. The van der Waals surface area contributed by atoms with Gasteiger partial charge in [-0.25, -0.2) is 4.98 Å². The number of likely N-dealkylation sites (tertiary alicyclic amines) is 1. The van der Waals surface area contributed by atoms with E-state index in [9.17, 15) is 9.59 Å². The zero-order chi connectivity index (χ0) is 19.1. The molecule has 1 aromatic carbocycles. The van der Waals surface area contributed by atoms with Crippen LogP contribution in [0, 0.1) is 6.92 Å². The zero-order valence-electron chi connectivity index (χ0n) is 16.0. The molecule has 0 spiro atoms. The van der Waals surface area contributed by atoms with Gasteiger partial charge >= 0.3 is 0 Å². The van der Waals surface area contributed by atoms with Gasteiger partial charge in [-0.1, -0.05) is 11.6 Å². The third-order valence-electron chi connectivity index (χ3n) is 5.51. The number of nitrogens with zero attached hydrogens (tertiary/aromatic N) is 4. The van der Waals surface area contributed by atoms with Gasteiger partial charge in [-0.3, -0.25) is 9.59 Å². The Kier molecular flexibility index (Phi) is 4.34. The number of hydrogen-bond acceptors (Lipinski definition) is 3. The van der Waals surface area contributed by atoms with Crippen molar-refractivity contribution < 1.29 is 4.79 Å². The van der Waals surface area contributed by atoms with Crippen molar-refractivity contribution in [3.05, 3.63) is 64.0 Å². The number of amides is 1. The lowest BCUT2D eigenvalue weighted by Crippen LogP contribution is -2.41. The van der Waals surface area contributed by atoms with Crippen molar-refractivity contribution in [1.82, 2.24) is 19.0 Å². The van der Waals surface area contributed by atoms with Crippen LogP contribution >= 0.6 is 0 Å². The van der Waals surface area contributed by atoms with Crippen LogP contribution in [-0.4, -0.2) is 38.0 Å². The number of carbonyl (C=O) groups excluding carboxylic acids is 1. The highest BCUT2D eigenvalue weighted by molar-refractivity contribution is 5.97. The Morgan fingerprint density at radius 2 is 2.04 bits per heavy atom. The molecular weight excluding hydrogens is 340 g/mol. The van der Waals surface area contributed by atoms with Gasteiger partial charge in [0.05, 0.1) is 5.52 Å². The molecule has 3 heterocycles. The molecule has 1 fully saturated rings. The number of aromatic nitrogens is 3. The van der Waals surface area contributed by atoms with Crippen molar-refractivity contribution >= 4 is 16.8 Å². The summed E-state index contributed by atoms with van der Waals surface area (Å²) in [6, 6.07) is 5.77. The maximum Gasteiger partial charge on any atom is 0.259 e. The van der Waals surface area contributed by atoms with Crippen molar-refractivity contribution in [2.24, 2.45) is 14.1 Å². The summed E-state index contributed by atoms with van der Waals surface area (Å²) in [6.45, 7) is 3.23. The molecular formula is C21H24N4O2. The monoisotopic (exact) mass is 364 g/mol. The number of piperidine rings is 1. The van der Waals surface area contributed by atoms with Crippen molar-refractivity contribution in [3.8, 4) is 0 Å². The van der Waals surface area contributed by atoms with Gasteiger partial charge in [0.1, 0.15) is 11.4 Å². The van der Waals surface area contributed by atoms with Gasteiger partial charge in [0.25, 0.3) is 5.91 Å². The summed E-state index contributed by atoms with van der Waals surface area (Å²) < 4.78 is 3.88.